The van der Waals surface area contributed by atoms with E-state index in [2.05, 4.69) is 12.2 Å². The van der Waals surface area contributed by atoms with E-state index in [0.29, 0.717) is 6.54 Å². The van der Waals surface area contributed by atoms with E-state index in [1.807, 2.05) is 4.90 Å². The number of nitrogens with one attached hydrogen (secondary N) is 1. The van der Waals surface area contributed by atoms with Crippen LogP contribution < -0.4 is 5.32 Å². The maximum Gasteiger partial charge on any atom is 0.236 e. The topological polar surface area (TPSA) is 52.6 Å². The van der Waals surface area contributed by atoms with Crippen molar-refractivity contribution < 1.29 is 9.90 Å². The van der Waals surface area contributed by atoms with Crippen molar-refractivity contribution in [3.63, 3.8) is 0 Å². The van der Waals surface area contributed by atoms with Crippen molar-refractivity contribution in [1.29, 1.82) is 0 Å². The van der Waals surface area contributed by atoms with Gasteiger partial charge in [0.15, 0.2) is 0 Å². The van der Waals surface area contributed by atoms with Gasteiger partial charge in [0.2, 0.25) is 5.91 Å². The summed E-state index contributed by atoms with van der Waals surface area (Å²) in [7, 11) is 1.78. The third-order valence-corrected chi connectivity index (χ3v) is 3.59. The molecule has 0 bridgehead atoms. The summed E-state index contributed by atoms with van der Waals surface area (Å²) < 4.78 is 0. The Morgan fingerprint density at radius 3 is 2.47 bits per heavy atom. The molecular weight excluding hydrogens is 192 g/mol. The van der Waals surface area contributed by atoms with Crippen molar-refractivity contribution >= 4 is 5.91 Å². The number of carbonyl (C=O) groups is 1. The number of hydrogen-bond donors (Lipinski definition) is 2. The molecule has 0 aromatic rings. The lowest BCUT2D eigenvalue weighted by Gasteiger charge is -2.40. The molecule has 4 heteroatoms. The molecule has 0 radical (unpaired) electrons. The van der Waals surface area contributed by atoms with E-state index in [0.717, 1.165) is 32.4 Å². The maximum atomic E-state index is 11.6. The van der Waals surface area contributed by atoms with Gasteiger partial charge in [-0.1, -0.05) is 6.92 Å². The molecule has 1 fully saturated rings. The van der Waals surface area contributed by atoms with Gasteiger partial charge < -0.3 is 15.3 Å². The summed E-state index contributed by atoms with van der Waals surface area (Å²) in [4.78, 5) is 13.5. The van der Waals surface area contributed by atoms with Gasteiger partial charge in [0.25, 0.3) is 0 Å². The first kappa shape index (κ1) is 12.5. The van der Waals surface area contributed by atoms with Crippen LogP contribution in [0, 0.1) is 5.41 Å². The average molecular weight is 214 g/mol. The van der Waals surface area contributed by atoms with Crippen LogP contribution >= 0.6 is 0 Å². The number of aliphatic hydroxyl groups is 1. The fourth-order valence-electron chi connectivity index (χ4n) is 2.12. The first-order chi connectivity index (χ1) is 7.17. The lowest BCUT2D eigenvalue weighted by Crippen LogP contribution is -2.46. The minimum Gasteiger partial charge on any atom is -0.396 e. The normalized spacial score (nSPS) is 20.3. The van der Waals surface area contributed by atoms with Crippen molar-refractivity contribution in [2.75, 3.05) is 33.3 Å². The number of hydrogen-bond acceptors (Lipinski definition) is 3. The number of likely N-dealkylation sites (tertiary alicyclic amines) is 1. The molecule has 0 aliphatic carbocycles. The monoisotopic (exact) mass is 214 g/mol. The Kier molecular flexibility index (Phi) is 4.54. The summed E-state index contributed by atoms with van der Waals surface area (Å²) >= 11 is 0. The third kappa shape index (κ3) is 2.92. The molecule has 15 heavy (non-hydrogen) atoms. The van der Waals surface area contributed by atoms with Gasteiger partial charge in [-0.05, 0) is 31.7 Å². The van der Waals surface area contributed by atoms with Gasteiger partial charge in [0.05, 0.1) is 6.54 Å². The first-order valence-electron chi connectivity index (χ1n) is 5.70. The number of amides is 1. The molecule has 0 atom stereocenters. The highest BCUT2D eigenvalue weighted by atomic mass is 16.3. The molecule has 0 aromatic carbocycles. The Morgan fingerprint density at radius 1 is 1.47 bits per heavy atom. The Bertz CT molecular complexity index is 205. The lowest BCUT2D eigenvalue weighted by atomic mass is 9.77. The van der Waals surface area contributed by atoms with Crippen LogP contribution in [0.4, 0.5) is 0 Å². The Labute approximate surface area is 91.6 Å². The van der Waals surface area contributed by atoms with E-state index in [-0.39, 0.29) is 17.9 Å². The summed E-state index contributed by atoms with van der Waals surface area (Å²) in [6.07, 6.45) is 2.85. The minimum absolute atomic E-state index is 0.0659. The van der Waals surface area contributed by atoms with E-state index >= 15 is 0 Å². The standard InChI is InChI=1S/C11H22N2O2/c1-3-11(9-14)4-6-13(7-5-11)10(15)8-12-2/h12,14H,3-9H2,1-2H3. The third-order valence-electron chi connectivity index (χ3n) is 3.59. The number of nitrogens with zero attached hydrogens (tertiary/aromatic N) is 1. The lowest BCUT2D eigenvalue weighted by molar-refractivity contribution is -0.133. The molecular formula is C11H22N2O2. The molecule has 1 aliphatic heterocycles. The van der Waals surface area contributed by atoms with Gasteiger partial charge in [-0.15, -0.1) is 0 Å². The molecule has 88 valence electrons. The molecule has 2 N–H and O–H groups in total. The molecule has 1 rings (SSSR count). The predicted octanol–water partition coefficient (Wildman–Crippen LogP) is 0.217. The van der Waals surface area contributed by atoms with Gasteiger partial charge in [-0.25, -0.2) is 0 Å². The Morgan fingerprint density at radius 2 is 2.07 bits per heavy atom. The molecule has 1 amide bonds. The average Bonchev–Trinajstić information content (AvgIpc) is 2.29. The number of rotatable bonds is 4. The fourth-order valence-corrected chi connectivity index (χ4v) is 2.12. The first-order valence-corrected chi connectivity index (χ1v) is 5.70. The second-order valence-corrected chi connectivity index (χ2v) is 4.42. The number of piperidine rings is 1. The molecule has 4 nitrogen and oxygen atoms in total. The molecule has 1 saturated heterocycles. The molecule has 1 aliphatic rings. The van der Waals surface area contributed by atoms with Crippen LogP contribution in [0.1, 0.15) is 26.2 Å². The van der Waals surface area contributed by atoms with Gasteiger partial charge in [0, 0.05) is 19.7 Å². The van der Waals surface area contributed by atoms with Gasteiger partial charge in [-0.2, -0.15) is 0 Å². The van der Waals surface area contributed by atoms with Crippen molar-refractivity contribution in [3.05, 3.63) is 0 Å². The molecule has 1 heterocycles. The SMILES string of the molecule is CCC1(CO)CCN(C(=O)CNC)CC1. The Hall–Kier alpha value is -0.610. The van der Waals surface area contributed by atoms with Crippen molar-refractivity contribution in [2.24, 2.45) is 5.41 Å². The van der Waals surface area contributed by atoms with Gasteiger partial charge in [-0.3, -0.25) is 4.79 Å². The highest BCUT2D eigenvalue weighted by Gasteiger charge is 2.33. The van der Waals surface area contributed by atoms with Crippen LogP contribution in [0.5, 0.6) is 0 Å². The van der Waals surface area contributed by atoms with E-state index < -0.39 is 0 Å². The summed E-state index contributed by atoms with van der Waals surface area (Å²) in [5, 5.41) is 12.2. The van der Waals surface area contributed by atoms with Crippen LogP contribution in [-0.2, 0) is 4.79 Å². The molecule has 0 saturated carbocycles. The van der Waals surface area contributed by atoms with Crippen LogP contribution in [0.2, 0.25) is 0 Å². The number of aliphatic hydroxyl groups excluding tert-OH is 1. The summed E-state index contributed by atoms with van der Waals surface area (Å²) in [5.74, 6) is 0.167. The largest absolute Gasteiger partial charge is 0.396 e. The zero-order chi connectivity index (χ0) is 11.3. The van der Waals surface area contributed by atoms with Crippen LogP contribution in [0.15, 0.2) is 0 Å². The highest BCUT2D eigenvalue weighted by Crippen LogP contribution is 2.33. The minimum atomic E-state index is 0.0659. The summed E-state index contributed by atoms with van der Waals surface area (Å²) in [5.41, 5.74) is 0.0659. The smallest absolute Gasteiger partial charge is 0.236 e. The van der Waals surface area contributed by atoms with Crippen LogP contribution in [0.3, 0.4) is 0 Å². The Balaban J connectivity index is 2.44. The molecule has 0 unspecified atom stereocenters. The summed E-state index contributed by atoms with van der Waals surface area (Å²) in [6, 6.07) is 0. The zero-order valence-electron chi connectivity index (χ0n) is 9.75. The zero-order valence-corrected chi connectivity index (χ0v) is 9.75. The molecule has 0 aromatic heterocycles. The van der Waals surface area contributed by atoms with E-state index in [1.165, 1.54) is 0 Å². The van der Waals surface area contributed by atoms with E-state index in [1.54, 1.807) is 7.05 Å². The van der Waals surface area contributed by atoms with Crippen molar-refractivity contribution in [2.45, 2.75) is 26.2 Å². The fraction of sp³-hybridized carbons (Fsp3) is 0.909. The quantitative estimate of drug-likeness (QED) is 0.704. The molecule has 0 spiro atoms. The van der Waals surface area contributed by atoms with Crippen molar-refractivity contribution in [1.82, 2.24) is 10.2 Å². The van der Waals surface area contributed by atoms with Crippen LogP contribution in [0.25, 0.3) is 0 Å². The van der Waals surface area contributed by atoms with E-state index in [9.17, 15) is 9.90 Å². The number of likely N-dealkylation sites (N-methyl/N-ethyl adjacent to an activating group) is 1. The second-order valence-electron chi connectivity index (χ2n) is 4.42. The second kappa shape index (κ2) is 5.47. The highest BCUT2D eigenvalue weighted by molar-refractivity contribution is 5.78. The predicted molar refractivity (Wildman–Crippen MR) is 59.6 cm³/mol. The van der Waals surface area contributed by atoms with Crippen molar-refractivity contribution in [3.8, 4) is 0 Å². The van der Waals surface area contributed by atoms with Gasteiger partial charge >= 0.3 is 0 Å². The number of carbonyl (C=O) groups excluding carboxylic acids is 1. The van der Waals surface area contributed by atoms with E-state index in [4.69, 9.17) is 0 Å². The summed E-state index contributed by atoms with van der Waals surface area (Å²) in [6.45, 7) is 4.35. The maximum absolute atomic E-state index is 11.6. The van der Waals surface area contributed by atoms with Gasteiger partial charge in [0.1, 0.15) is 0 Å². The van der Waals surface area contributed by atoms with Crippen LogP contribution in [-0.4, -0.2) is 49.2 Å².